The van der Waals surface area contributed by atoms with Gasteiger partial charge in [0.1, 0.15) is 5.75 Å². The van der Waals surface area contributed by atoms with Crippen LogP contribution in [0.25, 0.3) is 0 Å². The minimum atomic E-state index is -0.570. The van der Waals surface area contributed by atoms with E-state index in [9.17, 15) is 14.4 Å². The van der Waals surface area contributed by atoms with E-state index in [-0.39, 0.29) is 23.8 Å². The Balaban J connectivity index is 1.57. The molecule has 1 aromatic carbocycles. The number of carbonyl (C=O) groups excluding carboxylic acids is 1. The molecule has 3 rings (SSSR count). The molecule has 0 fully saturated rings. The molecule has 1 aliphatic heterocycles. The van der Waals surface area contributed by atoms with E-state index < -0.39 is 11.2 Å². The number of ether oxygens (including phenoxy) is 1. The number of H-pyrrole nitrogens is 2. The van der Waals surface area contributed by atoms with Crippen LogP contribution in [0.5, 0.6) is 5.75 Å². The quantitative estimate of drug-likeness (QED) is 0.749. The lowest BCUT2D eigenvalue weighted by Gasteiger charge is -2.25. The van der Waals surface area contributed by atoms with E-state index in [1.807, 2.05) is 24.3 Å². The standard InChI is InChI=1S/C17H19N3O4/c1-10-13(16(22)20-17(23)19-10)7-15(21)18-8-11-6-12-4-2-3-5-14(12)24-9-11/h2-5,11H,6-9H2,1H3,(H,18,21)(H2,19,20,22,23). The number of fused-ring (bicyclic) bond motifs is 1. The molecule has 3 N–H and O–H groups in total. The number of rotatable bonds is 4. The van der Waals surface area contributed by atoms with Gasteiger partial charge in [0, 0.05) is 23.7 Å². The van der Waals surface area contributed by atoms with Gasteiger partial charge in [0.05, 0.1) is 13.0 Å². The zero-order chi connectivity index (χ0) is 17.1. The van der Waals surface area contributed by atoms with Crippen molar-refractivity contribution < 1.29 is 9.53 Å². The number of hydrogen-bond acceptors (Lipinski definition) is 4. The molecule has 24 heavy (non-hydrogen) atoms. The second kappa shape index (κ2) is 6.74. The van der Waals surface area contributed by atoms with E-state index in [1.54, 1.807) is 6.92 Å². The largest absolute Gasteiger partial charge is 0.493 e. The summed E-state index contributed by atoms with van der Waals surface area (Å²) in [6, 6.07) is 7.86. The summed E-state index contributed by atoms with van der Waals surface area (Å²) in [6.45, 7) is 2.63. The summed E-state index contributed by atoms with van der Waals surface area (Å²) >= 11 is 0. The highest BCUT2D eigenvalue weighted by atomic mass is 16.5. The molecule has 7 heteroatoms. The lowest BCUT2D eigenvalue weighted by Crippen LogP contribution is -2.37. The Morgan fingerprint density at radius 1 is 1.29 bits per heavy atom. The Labute approximate surface area is 138 Å². The Hall–Kier alpha value is -2.83. The number of nitrogens with one attached hydrogen (secondary N) is 3. The third-order valence-corrected chi connectivity index (χ3v) is 4.14. The first-order valence-corrected chi connectivity index (χ1v) is 7.82. The van der Waals surface area contributed by atoms with Crippen LogP contribution in [-0.4, -0.2) is 29.0 Å². The molecule has 0 saturated carbocycles. The minimum Gasteiger partial charge on any atom is -0.493 e. The van der Waals surface area contributed by atoms with E-state index in [2.05, 4.69) is 15.3 Å². The van der Waals surface area contributed by atoms with Gasteiger partial charge in [-0.25, -0.2) is 4.79 Å². The normalized spacial score (nSPS) is 16.1. The van der Waals surface area contributed by atoms with E-state index in [1.165, 1.54) is 0 Å². The molecule has 1 aliphatic rings. The van der Waals surface area contributed by atoms with Gasteiger partial charge in [0.2, 0.25) is 5.91 Å². The van der Waals surface area contributed by atoms with Crippen molar-refractivity contribution in [1.82, 2.24) is 15.3 Å². The molecule has 126 valence electrons. The van der Waals surface area contributed by atoms with Crippen molar-refractivity contribution in [3.63, 3.8) is 0 Å². The van der Waals surface area contributed by atoms with Gasteiger partial charge in [-0.2, -0.15) is 0 Å². The van der Waals surface area contributed by atoms with Crippen molar-refractivity contribution in [2.24, 2.45) is 5.92 Å². The number of para-hydroxylation sites is 1. The maximum absolute atomic E-state index is 12.1. The number of hydrogen-bond donors (Lipinski definition) is 3. The Bertz CT molecular complexity index is 869. The first kappa shape index (κ1) is 16.0. The van der Waals surface area contributed by atoms with Crippen LogP contribution in [0.1, 0.15) is 16.8 Å². The van der Waals surface area contributed by atoms with Crippen molar-refractivity contribution in [3.8, 4) is 5.75 Å². The summed E-state index contributed by atoms with van der Waals surface area (Å²) < 4.78 is 5.69. The molecule has 1 unspecified atom stereocenters. The maximum Gasteiger partial charge on any atom is 0.325 e. The Kier molecular flexibility index (Phi) is 4.50. The first-order valence-electron chi connectivity index (χ1n) is 7.82. The summed E-state index contributed by atoms with van der Waals surface area (Å²) in [5, 5.41) is 2.84. The molecule has 1 aromatic heterocycles. The lowest BCUT2D eigenvalue weighted by atomic mass is 9.96. The highest BCUT2D eigenvalue weighted by Crippen LogP contribution is 2.26. The van der Waals surface area contributed by atoms with Crippen LogP contribution in [0, 0.1) is 12.8 Å². The fourth-order valence-electron chi connectivity index (χ4n) is 2.84. The molecule has 0 spiro atoms. The van der Waals surface area contributed by atoms with Crippen LogP contribution >= 0.6 is 0 Å². The number of aromatic nitrogens is 2. The summed E-state index contributed by atoms with van der Waals surface area (Å²) in [5.41, 5.74) is 0.725. The minimum absolute atomic E-state index is 0.0674. The van der Waals surface area contributed by atoms with E-state index in [0.717, 1.165) is 17.7 Å². The number of benzene rings is 1. The van der Waals surface area contributed by atoms with Gasteiger partial charge in [0.15, 0.2) is 0 Å². The van der Waals surface area contributed by atoms with Crippen molar-refractivity contribution in [1.29, 1.82) is 0 Å². The second-order valence-corrected chi connectivity index (χ2v) is 5.98. The summed E-state index contributed by atoms with van der Waals surface area (Å²) in [7, 11) is 0. The van der Waals surface area contributed by atoms with E-state index in [0.29, 0.717) is 18.8 Å². The fourth-order valence-corrected chi connectivity index (χ4v) is 2.84. The van der Waals surface area contributed by atoms with Gasteiger partial charge in [-0.05, 0) is 25.0 Å². The monoisotopic (exact) mass is 329 g/mol. The molecular weight excluding hydrogens is 310 g/mol. The molecule has 0 bridgehead atoms. The van der Waals surface area contributed by atoms with E-state index >= 15 is 0 Å². The smallest absolute Gasteiger partial charge is 0.325 e. The third kappa shape index (κ3) is 3.56. The number of aryl methyl sites for hydroxylation is 1. The molecule has 7 nitrogen and oxygen atoms in total. The Morgan fingerprint density at radius 2 is 2.08 bits per heavy atom. The predicted octanol–water partition coefficient (Wildman–Crippen LogP) is 0.282. The van der Waals surface area contributed by atoms with Gasteiger partial charge in [-0.3, -0.25) is 14.6 Å². The number of carbonyl (C=O) groups is 1. The predicted molar refractivity (Wildman–Crippen MR) is 88.3 cm³/mol. The lowest BCUT2D eigenvalue weighted by molar-refractivity contribution is -0.120. The third-order valence-electron chi connectivity index (χ3n) is 4.14. The average molecular weight is 329 g/mol. The van der Waals surface area contributed by atoms with Crippen LogP contribution in [-0.2, 0) is 17.6 Å². The molecule has 0 saturated heterocycles. The highest BCUT2D eigenvalue weighted by molar-refractivity contribution is 5.78. The van der Waals surface area contributed by atoms with Gasteiger partial charge in [-0.1, -0.05) is 18.2 Å². The number of aromatic amines is 2. The highest BCUT2D eigenvalue weighted by Gasteiger charge is 2.20. The van der Waals surface area contributed by atoms with Crippen LogP contribution in [0.2, 0.25) is 0 Å². The van der Waals surface area contributed by atoms with Crippen LogP contribution in [0.15, 0.2) is 33.9 Å². The zero-order valence-corrected chi connectivity index (χ0v) is 13.3. The molecule has 0 radical (unpaired) electrons. The summed E-state index contributed by atoms with van der Waals surface area (Å²) in [6.07, 6.45) is 0.775. The first-order chi connectivity index (χ1) is 11.5. The zero-order valence-electron chi connectivity index (χ0n) is 13.3. The maximum atomic E-state index is 12.1. The molecular formula is C17H19N3O4. The second-order valence-electron chi connectivity index (χ2n) is 5.98. The molecule has 2 heterocycles. The topological polar surface area (TPSA) is 104 Å². The molecule has 1 atom stereocenters. The van der Waals surface area contributed by atoms with Crippen molar-refractivity contribution >= 4 is 5.91 Å². The summed E-state index contributed by atoms with van der Waals surface area (Å²) in [5.74, 6) is 0.837. The van der Waals surface area contributed by atoms with Gasteiger partial charge in [0.25, 0.3) is 5.56 Å². The molecule has 1 amide bonds. The fraction of sp³-hybridized carbons (Fsp3) is 0.353. The van der Waals surface area contributed by atoms with Gasteiger partial charge < -0.3 is 15.0 Å². The van der Waals surface area contributed by atoms with E-state index in [4.69, 9.17) is 4.74 Å². The van der Waals surface area contributed by atoms with Crippen molar-refractivity contribution in [2.45, 2.75) is 19.8 Å². The summed E-state index contributed by atoms with van der Waals surface area (Å²) in [4.78, 5) is 39.6. The van der Waals surface area contributed by atoms with Crippen LogP contribution in [0.4, 0.5) is 0 Å². The Morgan fingerprint density at radius 3 is 2.88 bits per heavy atom. The SMILES string of the molecule is Cc1[nH]c(=O)[nH]c(=O)c1CC(=O)NCC1COc2ccccc2C1. The van der Waals surface area contributed by atoms with Crippen LogP contribution < -0.4 is 21.3 Å². The average Bonchev–Trinajstić information content (AvgIpc) is 2.56. The van der Waals surface area contributed by atoms with Crippen molar-refractivity contribution in [2.75, 3.05) is 13.2 Å². The van der Waals surface area contributed by atoms with Gasteiger partial charge in [-0.15, -0.1) is 0 Å². The van der Waals surface area contributed by atoms with Crippen LogP contribution in [0.3, 0.4) is 0 Å². The number of amides is 1. The molecule has 2 aromatic rings. The molecule has 0 aliphatic carbocycles. The van der Waals surface area contributed by atoms with Gasteiger partial charge >= 0.3 is 5.69 Å². The van der Waals surface area contributed by atoms with Crippen molar-refractivity contribution in [3.05, 3.63) is 61.9 Å².